The Labute approximate surface area is 97.3 Å². The Bertz CT molecular complexity index is 400. The van der Waals surface area contributed by atoms with Gasteiger partial charge < -0.3 is 4.90 Å². The van der Waals surface area contributed by atoms with Crippen LogP contribution in [0.5, 0.6) is 0 Å². The maximum absolute atomic E-state index is 10.7. The van der Waals surface area contributed by atoms with E-state index in [0.29, 0.717) is 0 Å². The molecule has 1 fully saturated rings. The average molecular weight is 217 g/mol. The summed E-state index contributed by atoms with van der Waals surface area (Å²) in [6.45, 7) is 5.50. The molecule has 0 amide bonds. The van der Waals surface area contributed by atoms with Crippen molar-refractivity contribution in [3.8, 4) is 0 Å². The third-order valence-electron chi connectivity index (χ3n) is 3.55. The molecule has 0 bridgehead atoms. The first-order chi connectivity index (χ1) is 7.61. The summed E-state index contributed by atoms with van der Waals surface area (Å²) in [7, 11) is 2.13. The van der Waals surface area contributed by atoms with Gasteiger partial charge in [0.05, 0.1) is 0 Å². The first kappa shape index (κ1) is 11.2. The maximum atomic E-state index is 10.7. The zero-order chi connectivity index (χ0) is 11.7. The summed E-state index contributed by atoms with van der Waals surface area (Å²) in [4.78, 5) is 13.0. The molecule has 2 rings (SSSR count). The molecule has 0 aromatic heterocycles. The van der Waals surface area contributed by atoms with E-state index in [4.69, 9.17) is 0 Å². The predicted molar refractivity (Wildman–Crippen MR) is 67.1 cm³/mol. The zero-order valence-corrected chi connectivity index (χ0v) is 10.2. The fraction of sp³-hybridized carbons (Fsp3) is 0.500. The molecule has 16 heavy (non-hydrogen) atoms. The summed E-state index contributed by atoms with van der Waals surface area (Å²) in [5.41, 5.74) is 3.18. The summed E-state index contributed by atoms with van der Waals surface area (Å²) in [6, 6.07) is 5.89. The third-order valence-corrected chi connectivity index (χ3v) is 3.55. The number of aryl methyl sites for hydroxylation is 1. The number of aldehydes is 1. The molecule has 1 aromatic carbocycles. The van der Waals surface area contributed by atoms with E-state index in [9.17, 15) is 4.79 Å². The Morgan fingerprint density at radius 1 is 1.50 bits per heavy atom. The number of nitrogens with zero attached hydrogens (tertiary/aromatic N) is 1. The van der Waals surface area contributed by atoms with Crippen LogP contribution < -0.4 is 4.90 Å². The van der Waals surface area contributed by atoms with Crippen LogP contribution in [-0.2, 0) is 0 Å². The van der Waals surface area contributed by atoms with Crippen LogP contribution in [0.4, 0.5) is 5.69 Å². The minimum Gasteiger partial charge on any atom is -0.374 e. The molecular formula is C14H19NO. The van der Waals surface area contributed by atoms with Crippen molar-refractivity contribution in [3.63, 3.8) is 0 Å². The molecule has 1 aliphatic rings. The second kappa shape index (κ2) is 4.28. The minimum atomic E-state index is 0.759. The van der Waals surface area contributed by atoms with E-state index in [0.717, 1.165) is 30.2 Å². The Morgan fingerprint density at radius 3 is 2.69 bits per heavy atom. The molecule has 0 radical (unpaired) electrons. The van der Waals surface area contributed by atoms with Crippen molar-refractivity contribution in [2.45, 2.75) is 20.3 Å². The normalized spacial score (nSPS) is 22.9. The van der Waals surface area contributed by atoms with Gasteiger partial charge in [-0.25, -0.2) is 0 Å². The van der Waals surface area contributed by atoms with Crippen LogP contribution in [0.25, 0.3) is 0 Å². The van der Waals surface area contributed by atoms with Gasteiger partial charge in [0.2, 0.25) is 0 Å². The van der Waals surface area contributed by atoms with Gasteiger partial charge in [-0.15, -0.1) is 0 Å². The molecule has 0 saturated heterocycles. The van der Waals surface area contributed by atoms with Gasteiger partial charge in [-0.3, -0.25) is 4.79 Å². The van der Waals surface area contributed by atoms with Crippen LogP contribution in [-0.4, -0.2) is 19.9 Å². The van der Waals surface area contributed by atoms with Gasteiger partial charge in [0.15, 0.2) is 0 Å². The number of hydrogen-bond donors (Lipinski definition) is 0. The molecule has 0 aliphatic heterocycles. The van der Waals surface area contributed by atoms with Gasteiger partial charge in [0.25, 0.3) is 0 Å². The smallest absolute Gasteiger partial charge is 0.150 e. The lowest BCUT2D eigenvalue weighted by Gasteiger charge is -2.21. The van der Waals surface area contributed by atoms with Crippen molar-refractivity contribution in [1.29, 1.82) is 0 Å². The molecule has 1 saturated carbocycles. The Balaban J connectivity index is 2.10. The molecule has 0 N–H and O–H groups in total. The monoisotopic (exact) mass is 217 g/mol. The quantitative estimate of drug-likeness (QED) is 0.723. The van der Waals surface area contributed by atoms with Gasteiger partial charge in [-0.05, 0) is 48.9 Å². The van der Waals surface area contributed by atoms with Gasteiger partial charge in [-0.2, -0.15) is 0 Å². The lowest BCUT2D eigenvalue weighted by atomic mass is 10.1. The largest absolute Gasteiger partial charge is 0.374 e. The molecule has 0 spiro atoms. The van der Waals surface area contributed by atoms with E-state index in [1.807, 2.05) is 18.2 Å². The van der Waals surface area contributed by atoms with Crippen LogP contribution in [0.3, 0.4) is 0 Å². The van der Waals surface area contributed by atoms with Gasteiger partial charge in [-0.1, -0.05) is 6.92 Å². The summed E-state index contributed by atoms with van der Waals surface area (Å²) >= 11 is 0. The van der Waals surface area contributed by atoms with Crippen molar-refractivity contribution in [2.24, 2.45) is 11.8 Å². The summed E-state index contributed by atoms with van der Waals surface area (Å²) in [5, 5.41) is 0. The molecule has 2 unspecified atom stereocenters. The van der Waals surface area contributed by atoms with E-state index < -0.39 is 0 Å². The number of anilines is 1. The first-order valence-corrected chi connectivity index (χ1v) is 5.88. The highest BCUT2D eigenvalue weighted by Crippen LogP contribution is 2.39. The van der Waals surface area contributed by atoms with E-state index in [1.165, 1.54) is 17.7 Å². The van der Waals surface area contributed by atoms with E-state index in [2.05, 4.69) is 25.8 Å². The van der Waals surface area contributed by atoms with Gasteiger partial charge >= 0.3 is 0 Å². The van der Waals surface area contributed by atoms with Crippen molar-refractivity contribution in [2.75, 3.05) is 18.5 Å². The van der Waals surface area contributed by atoms with Crippen molar-refractivity contribution >= 4 is 12.0 Å². The second-order valence-electron chi connectivity index (χ2n) is 5.02. The lowest BCUT2D eigenvalue weighted by Crippen LogP contribution is -2.21. The average Bonchev–Trinajstić information content (AvgIpc) is 2.93. The number of carbonyl (C=O) groups excluding carboxylic acids is 1. The highest BCUT2D eigenvalue weighted by atomic mass is 16.1. The molecule has 2 nitrogen and oxygen atoms in total. The van der Waals surface area contributed by atoms with Crippen LogP contribution >= 0.6 is 0 Å². The second-order valence-corrected chi connectivity index (χ2v) is 5.02. The first-order valence-electron chi connectivity index (χ1n) is 5.88. The van der Waals surface area contributed by atoms with Crippen LogP contribution in [0.1, 0.15) is 29.3 Å². The van der Waals surface area contributed by atoms with E-state index in [1.54, 1.807) is 0 Å². The van der Waals surface area contributed by atoms with Crippen molar-refractivity contribution < 1.29 is 4.79 Å². The zero-order valence-electron chi connectivity index (χ0n) is 10.2. The lowest BCUT2D eigenvalue weighted by molar-refractivity contribution is 0.112. The maximum Gasteiger partial charge on any atom is 0.150 e. The highest BCUT2D eigenvalue weighted by molar-refractivity contribution is 5.76. The number of hydrogen-bond acceptors (Lipinski definition) is 2. The molecule has 2 heteroatoms. The third kappa shape index (κ3) is 2.26. The summed E-state index contributed by atoms with van der Waals surface area (Å²) in [5.74, 6) is 1.74. The molecule has 1 aliphatic carbocycles. The van der Waals surface area contributed by atoms with Crippen LogP contribution in [0, 0.1) is 18.8 Å². The molecule has 1 aromatic rings. The predicted octanol–water partition coefficient (Wildman–Crippen LogP) is 2.90. The Kier molecular flexibility index (Phi) is 2.99. The topological polar surface area (TPSA) is 20.3 Å². The molecule has 0 heterocycles. The SMILES string of the molecule is Cc1cc(C=O)ccc1N(C)CC1CC1C. The standard InChI is InChI=1S/C14H19NO/c1-10-7-13(10)8-15(3)14-5-4-12(9-16)6-11(14)2/h4-6,9-10,13H,7-8H2,1-3H3. The highest BCUT2D eigenvalue weighted by Gasteiger charge is 2.33. The van der Waals surface area contributed by atoms with Crippen molar-refractivity contribution in [1.82, 2.24) is 0 Å². The van der Waals surface area contributed by atoms with E-state index in [-0.39, 0.29) is 0 Å². The van der Waals surface area contributed by atoms with Crippen LogP contribution in [0.15, 0.2) is 18.2 Å². The Morgan fingerprint density at radius 2 is 2.19 bits per heavy atom. The van der Waals surface area contributed by atoms with Crippen LogP contribution in [0.2, 0.25) is 0 Å². The fourth-order valence-corrected chi connectivity index (χ4v) is 2.28. The minimum absolute atomic E-state index is 0.759. The molecule has 86 valence electrons. The van der Waals surface area contributed by atoms with E-state index >= 15 is 0 Å². The van der Waals surface area contributed by atoms with Crippen molar-refractivity contribution in [3.05, 3.63) is 29.3 Å². The van der Waals surface area contributed by atoms with Gasteiger partial charge in [0, 0.05) is 24.8 Å². The summed E-state index contributed by atoms with van der Waals surface area (Å²) in [6.07, 6.45) is 2.26. The summed E-state index contributed by atoms with van der Waals surface area (Å²) < 4.78 is 0. The number of carbonyl (C=O) groups is 1. The Hall–Kier alpha value is -1.31. The molecule has 2 atom stereocenters. The molecular weight excluding hydrogens is 198 g/mol. The van der Waals surface area contributed by atoms with Gasteiger partial charge in [0.1, 0.15) is 6.29 Å². The number of benzene rings is 1. The number of rotatable bonds is 4. The fourth-order valence-electron chi connectivity index (χ4n) is 2.28.